The van der Waals surface area contributed by atoms with Gasteiger partial charge in [-0.3, -0.25) is 0 Å². The average molecular weight is 251 g/mol. The Morgan fingerprint density at radius 1 is 0.938 bits per heavy atom. The maximum absolute atomic E-state index is 13.3. The van der Waals surface area contributed by atoms with Crippen LogP contribution >= 0.6 is 0 Å². The van der Waals surface area contributed by atoms with Crippen molar-refractivity contribution in [3.05, 3.63) is 59.7 Å². The first-order valence-corrected chi connectivity index (χ1v) is 4.61. The first-order valence-electron chi connectivity index (χ1n) is 4.61. The zero-order valence-corrected chi connectivity index (χ0v) is 10.3. The molecule has 0 unspecified atom stereocenters. The maximum Gasteiger partial charge on any atom is 0.0212 e. The largest absolute Gasteiger partial charge is 0.236 e. The molecule has 3 heteroatoms. The molecule has 0 atom stereocenters. The third-order valence-electron chi connectivity index (χ3n) is 2.22. The zero-order chi connectivity index (χ0) is 10.8. The first kappa shape index (κ1) is 13.1. The van der Waals surface area contributed by atoms with Crippen LogP contribution in [0, 0.1) is 24.6 Å². The third-order valence-corrected chi connectivity index (χ3v) is 2.22. The summed E-state index contributed by atoms with van der Waals surface area (Å²) in [4.78, 5) is 0. The van der Waals surface area contributed by atoms with E-state index < -0.39 is 11.6 Å². The Morgan fingerprint density at radius 3 is 2.12 bits per heavy atom. The van der Waals surface area contributed by atoms with E-state index in [1.807, 2.05) is 25.1 Å². The van der Waals surface area contributed by atoms with E-state index in [1.54, 1.807) is 12.1 Å². The van der Waals surface area contributed by atoms with Crippen molar-refractivity contribution < 1.29 is 30.5 Å². The van der Waals surface area contributed by atoms with Crippen molar-refractivity contribution >= 4 is 0 Å². The van der Waals surface area contributed by atoms with Gasteiger partial charge in [0.2, 0.25) is 0 Å². The second-order valence-electron chi connectivity index (χ2n) is 3.40. The van der Waals surface area contributed by atoms with Gasteiger partial charge in [0.25, 0.3) is 0 Å². The van der Waals surface area contributed by atoms with Crippen LogP contribution in [0.2, 0.25) is 0 Å². The fraction of sp³-hybridized carbons (Fsp3) is 0.0769. The monoisotopic (exact) mass is 251 g/mol. The average Bonchev–Trinajstić information content (AvgIpc) is 2.20. The van der Waals surface area contributed by atoms with Gasteiger partial charge < -0.3 is 0 Å². The Bertz CT molecular complexity index is 478. The van der Waals surface area contributed by atoms with Crippen molar-refractivity contribution in [1.82, 2.24) is 0 Å². The van der Waals surface area contributed by atoms with E-state index in [9.17, 15) is 8.78 Å². The standard InChI is InChI=1S/C13H9F2.Ti/c1-9-2-4-10(5-3-9)12-7-6-11(14)8-13(12)15;/h2-7H,1H3;/q-1;. The molecule has 0 saturated heterocycles. The van der Waals surface area contributed by atoms with Gasteiger partial charge in [-0.05, 0) is 6.92 Å². The summed E-state index contributed by atoms with van der Waals surface area (Å²) in [6, 6.07) is 12.0. The molecule has 0 bridgehead atoms. The molecule has 16 heavy (non-hydrogen) atoms. The molecule has 0 aliphatic carbocycles. The SMILES string of the molecule is Cc1ccc(-c2ccc(F)[c-]c2F)cc1.[Ti]. The van der Waals surface area contributed by atoms with Crippen LogP contribution in [0.4, 0.5) is 8.78 Å². The quantitative estimate of drug-likeness (QED) is 0.535. The second kappa shape index (κ2) is 5.38. The van der Waals surface area contributed by atoms with Gasteiger partial charge >= 0.3 is 0 Å². The minimum absolute atomic E-state index is 0. The van der Waals surface area contributed by atoms with Crippen LogP contribution in [0.1, 0.15) is 5.56 Å². The van der Waals surface area contributed by atoms with Crippen LogP contribution in [0.3, 0.4) is 0 Å². The first-order chi connectivity index (χ1) is 7.16. The van der Waals surface area contributed by atoms with E-state index in [4.69, 9.17) is 0 Å². The van der Waals surface area contributed by atoms with Crippen molar-refractivity contribution in [2.24, 2.45) is 0 Å². The number of hydrogen-bond acceptors (Lipinski definition) is 0. The molecule has 0 radical (unpaired) electrons. The fourth-order valence-corrected chi connectivity index (χ4v) is 1.40. The van der Waals surface area contributed by atoms with E-state index in [0.29, 0.717) is 5.56 Å². The van der Waals surface area contributed by atoms with Crippen LogP contribution in [0.25, 0.3) is 11.1 Å². The summed E-state index contributed by atoms with van der Waals surface area (Å²) < 4.78 is 26.0. The summed E-state index contributed by atoms with van der Waals surface area (Å²) in [6.07, 6.45) is 0. The minimum Gasteiger partial charge on any atom is -0.236 e. The topological polar surface area (TPSA) is 0 Å². The number of halogens is 2. The molecular formula is C13H9F2Ti-. The summed E-state index contributed by atoms with van der Waals surface area (Å²) >= 11 is 0. The Kier molecular flexibility index (Phi) is 4.39. The molecule has 0 aromatic heterocycles. The van der Waals surface area contributed by atoms with E-state index >= 15 is 0 Å². The Labute approximate surface area is 108 Å². The zero-order valence-electron chi connectivity index (χ0n) is 8.72. The van der Waals surface area contributed by atoms with Gasteiger partial charge in [-0.1, -0.05) is 41.0 Å². The van der Waals surface area contributed by atoms with Gasteiger partial charge in [0.1, 0.15) is 0 Å². The molecular weight excluding hydrogens is 242 g/mol. The van der Waals surface area contributed by atoms with Gasteiger partial charge in [0.15, 0.2) is 0 Å². The summed E-state index contributed by atoms with van der Waals surface area (Å²) in [5, 5.41) is 0. The number of benzene rings is 2. The number of rotatable bonds is 1. The van der Waals surface area contributed by atoms with Crippen molar-refractivity contribution in [3.63, 3.8) is 0 Å². The smallest absolute Gasteiger partial charge is 0.0212 e. The molecule has 0 N–H and O–H groups in total. The predicted molar refractivity (Wildman–Crippen MR) is 55.4 cm³/mol. The van der Waals surface area contributed by atoms with Gasteiger partial charge in [0.05, 0.1) is 0 Å². The summed E-state index contributed by atoms with van der Waals surface area (Å²) in [6.45, 7) is 1.96. The predicted octanol–water partition coefficient (Wildman–Crippen LogP) is 3.74. The molecule has 0 aliphatic rings. The molecule has 0 amide bonds. The number of aryl methyl sites for hydroxylation is 1. The molecule has 0 heterocycles. The normalized spacial score (nSPS) is 9.69. The molecule has 2 aromatic carbocycles. The third kappa shape index (κ3) is 2.78. The van der Waals surface area contributed by atoms with E-state index in [2.05, 4.69) is 0 Å². The van der Waals surface area contributed by atoms with Gasteiger partial charge in [-0.15, -0.1) is 12.1 Å². The van der Waals surface area contributed by atoms with Gasteiger partial charge in [-0.2, -0.15) is 6.07 Å². The molecule has 0 fully saturated rings. The van der Waals surface area contributed by atoms with Crippen molar-refractivity contribution in [2.75, 3.05) is 0 Å². The van der Waals surface area contributed by atoms with E-state index in [-0.39, 0.29) is 21.7 Å². The van der Waals surface area contributed by atoms with Crippen LogP contribution < -0.4 is 0 Å². The minimum atomic E-state index is -0.677. The van der Waals surface area contributed by atoms with Gasteiger partial charge in [0, 0.05) is 33.4 Å². The van der Waals surface area contributed by atoms with E-state index in [0.717, 1.165) is 11.1 Å². The van der Waals surface area contributed by atoms with Crippen LogP contribution in [0.15, 0.2) is 36.4 Å². The van der Waals surface area contributed by atoms with Crippen molar-refractivity contribution in [2.45, 2.75) is 6.92 Å². The molecule has 0 saturated carbocycles. The van der Waals surface area contributed by atoms with E-state index in [1.165, 1.54) is 12.1 Å². The van der Waals surface area contributed by atoms with Crippen LogP contribution in [-0.4, -0.2) is 0 Å². The number of hydrogen-bond donors (Lipinski definition) is 0. The van der Waals surface area contributed by atoms with Gasteiger partial charge in [-0.25, -0.2) is 8.78 Å². The summed E-state index contributed by atoms with van der Waals surface area (Å²) in [5.41, 5.74) is 2.20. The molecule has 2 rings (SSSR count). The Morgan fingerprint density at radius 2 is 1.56 bits per heavy atom. The summed E-state index contributed by atoms with van der Waals surface area (Å²) in [5.74, 6) is -1.33. The molecule has 0 spiro atoms. The fourth-order valence-electron chi connectivity index (χ4n) is 1.40. The van der Waals surface area contributed by atoms with Crippen LogP contribution in [0.5, 0.6) is 0 Å². The van der Waals surface area contributed by atoms with Crippen LogP contribution in [-0.2, 0) is 21.7 Å². The molecule has 0 aliphatic heterocycles. The van der Waals surface area contributed by atoms with Crippen molar-refractivity contribution in [3.8, 4) is 11.1 Å². The maximum atomic E-state index is 13.3. The second-order valence-corrected chi connectivity index (χ2v) is 3.40. The van der Waals surface area contributed by atoms with Crippen molar-refractivity contribution in [1.29, 1.82) is 0 Å². The molecule has 0 nitrogen and oxygen atoms in total. The Balaban J connectivity index is 0.00000128. The summed E-state index contributed by atoms with van der Waals surface area (Å²) in [7, 11) is 0. The molecule has 80 valence electrons. The Hall–Kier alpha value is -0.986. The molecule has 2 aromatic rings.